The molecule has 0 aromatic heterocycles. The van der Waals surface area contributed by atoms with Gasteiger partial charge in [-0.05, 0) is 45.4 Å². The van der Waals surface area contributed by atoms with Crippen molar-refractivity contribution in [3.63, 3.8) is 0 Å². The van der Waals surface area contributed by atoms with E-state index in [2.05, 4.69) is 56.1 Å². The van der Waals surface area contributed by atoms with E-state index in [0.29, 0.717) is 18.0 Å². The molecule has 0 spiro atoms. The molecule has 100 valence electrons. The number of likely N-dealkylation sites (N-methyl/N-ethyl adjacent to an activating group) is 1. The van der Waals surface area contributed by atoms with E-state index in [4.69, 9.17) is 0 Å². The molecule has 1 N–H and O–H groups in total. The summed E-state index contributed by atoms with van der Waals surface area (Å²) in [5, 5.41) is 3.34. The van der Waals surface area contributed by atoms with Crippen LogP contribution in [0.3, 0.4) is 0 Å². The van der Waals surface area contributed by atoms with Gasteiger partial charge in [-0.25, -0.2) is 0 Å². The maximum atomic E-state index is 3.34. The molecule has 2 nitrogen and oxygen atoms in total. The Morgan fingerprint density at radius 3 is 2.67 bits per heavy atom. The Hall–Kier alpha value is -1.02. The normalized spacial score (nSPS) is 20.3. The van der Waals surface area contributed by atoms with Gasteiger partial charge >= 0.3 is 0 Å². The van der Waals surface area contributed by atoms with Gasteiger partial charge in [0, 0.05) is 30.2 Å². The zero-order valence-corrected chi connectivity index (χ0v) is 12.3. The first-order valence-electron chi connectivity index (χ1n) is 7.10. The van der Waals surface area contributed by atoms with Crippen LogP contribution in [0.25, 0.3) is 0 Å². The molecule has 1 aliphatic heterocycles. The molecule has 2 heteroatoms. The van der Waals surface area contributed by atoms with Crippen molar-refractivity contribution in [2.45, 2.75) is 52.1 Å². The van der Waals surface area contributed by atoms with Crippen LogP contribution in [0.2, 0.25) is 0 Å². The van der Waals surface area contributed by atoms with E-state index in [0.717, 1.165) is 13.0 Å². The van der Waals surface area contributed by atoms with Crippen LogP contribution >= 0.6 is 0 Å². The molecule has 0 aliphatic carbocycles. The van der Waals surface area contributed by atoms with Gasteiger partial charge in [-0.2, -0.15) is 0 Å². The lowest BCUT2D eigenvalue weighted by Gasteiger charge is -2.27. The predicted octanol–water partition coefficient (Wildman–Crippen LogP) is 3.17. The molecule has 1 heterocycles. The average Bonchev–Trinajstić information content (AvgIpc) is 2.68. The molecule has 2 atom stereocenters. The average molecular weight is 246 g/mol. The minimum atomic E-state index is 0.529. The molecular formula is C16H26N2. The highest BCUT2D eigenvalue weighted by molar-refractivity contribution is 5.65. The third-order valence-electron chi connectivity index (χ3n) is 4.08. The van der Waals surface area contributed by atoms with E-state index in [-0.39, 0.29) is 0 Å². The molecule has 0 radical (unpaired) electrons. The maximum absolute atomic E-state index is 3.34. The van der Waals surface area contributed by atoms with Crippen molar-refractivity contribution in [1.29, 1.82) is 0 Å². The largest absolute Gasteiger partial charge is 0.368 e. The van der Waals surface area contributed by atoms with Crippen LogP contribution in [-0.2, 0) is 6.42 Å². The van der Waals surface area contributed by atoms with Crippen molar-refractivity contribution in [2.75, 3.05) is 18.5 Å². The van der Waals surface area contributed by atoms with Crippen molar-refractivity contribution in [3.05, 3.63) is 29.3 Å². The second-order valence-corrected chi connectivity index (χ2v) is 5.90. The van der Waals surface area contributed by atoms with Gasteiger partial charge in [0.1, 0.15) is 0 Å². The number of hydrogen-bond acceptors (Lipinski definition) is 2. The van der Waals surface area contributed by atoms with E-state index in [1.54, 1.807) is 0 Å². The monoisotopic (exact) mass is 246 g/mol. The lowest BCUT2D eigenvalue weighted by Crippen LogP contribution is -2.31. The predicted molar refractivity (Wildman–Crippen MR) is 79.6 cm³/mol. The Labute approximate surface area is 111 Å². The smallest absolute Gasteiger partial charge is 0.0437 e. The molecule has 1 aromatic rings. The van der Waals surface area contributed by atoms with Crippen LogP contribution in [0.1, 0.15) is 44.7 Å². The fraction of sp³-hybridized carbons (Fsp3) is 0.625. The third-order valence-corrected chi connectivity index (χ3v) is 4.08. The van der Waals surface area contributed by atoms with Crippen LogP contribution in [0.4, 0.5) is 5.69 Å². The van der Waals surface area contributed by atoms with Gasteiger partial charge in [0.25, 0.3) is 0 Å². The molecule has 18 heavy (non-hydrogen) atoms. The van der Waals surface area contributed by atoms with Crippen LogP contribution in [-0.4, -0.2) is 25.7 Å². The third kappa shape index (κ3) is 2.39. The number of fused-ring (bicyclic) bond motifs is 1. The number of rotatable bonds is 4. The van der Waals surface area contributed by atoms with Gasteiger partial charge in [0.15, 0.2) is 0 Å². The summed E-state index contributed by atoms with van der Waals surface area (Å²) in [5.74, 6) is 0.659. The molecule has 1 aliphatic rings. The van der Waals surface area contributed by atoms with Gasteiger partial charge in [0.2, 0.25) is 0 Å². The van der Waals surface area contributed by atoms with Gasteiger partial charge in [-0.1, -0.05) is 25.1 Å². The molecular weight excluding hydrogens is 220 g/mol. The van der Waals surface area contributed by atoms with Crippen molar-refractivity contribution in [3.8, 4) is 0 Å². The first-order valence-corrected chi connectivity index (χ1v) is 7.10. The molecule has 0 bridgehead atoms. The lowest BCUT2D eigenvalue weighted by molar-refractivity contribution is 0.605. The summed E-state index contributed by atoms with van der Waals surface area (Å²) in [6.07, 6.45) is 1.11. The molecule has 0 fully saturated rings. The fourth-order valence-corrected chi connectivity index (χ4v) is 2.91. The van der Waals surface area contributed by atoms with E-state index < -0.39 is 0 Å². The Morgan fingerprint density at radius 1 is 1.33 bits per heavy atom. The second-order valence-electron chi connectivity index (χ2n) is 5.90. The molecule has 2 unspecified atom stereocenters. The number of hydrogen-bond donors (Lipinski definition) is 1. The minimum Gasteiger partial charge on any atom is -0.368 e. The lowest BCUT2D eigenvalue weighted by atomic mass is 9.97. The van der Waals surface area contributed by atoms with E-state index >= 15 is 0 Å². The SMILES string of the molecule is CNC(C)Cc1cccc2c1N(C(C)C)CC2C. The summed E-state index contributed by atoms with van der Waals surface area (Å²) in [6.45, 7) is 10.3. The maximum Gasteiger partial charge on any atom is 0.0437 e. The molecule has 2 rings (SSSR count). The summed E-state index contributed by atoms with van der Waals surface area (Å²) in [5.41, 5.74) is 4.53. The standard InChI is InChI=1S/C16H26N2/c1-11(2)18-10-12(3)15-8-6-7-14(16(15)18)9-13(4)17-5/h6-8,11-13,17H,9-10H2,1-5H3. The molecule has 0 amide bonds. The van der Waals surface area contributed by atoms with E-state index in [1.807, 2.05) is 7.05 Å². The van der Waals surface area contributed by atoms with E-state index in [9.17, 15) is 0 Å². The zero-order chi connectivity index (χ0) is 13.3. The Kier molecular flexibility index (Phi) is 3.96. The second kappa shape index (κ2) is 5.31. The summed E-state index contributed by atoms with van der Waals surface area (Å²) in [7, 11) is 2.04. The molecule has 0 saturated heterocycles. The van der Waals surface area contributed by atoms with Gasteiger partial charge in [-0.3, -0.25) is 0 Å². The van der Waals surface area contributed by atoms with Gasteiger partial charge < -0.3 is 10.2 Å². The summed E-state index contributed by atoms with van der Waals surface area (Å²) >= 11 is 0. The first kappa shape index (κ1) is 13.4. The zero-order valence-electron chi connectivity index (χ0n) is 12.3. The van der Waals surface area contributed by atoms with Crippen LogP contribution in [0, 0.1) is 0 Å². The minimum absolute atomic E-state index is 0.529. The van der Waals surface area contributed by atoms with Crippen molar-refractivity contribution < 1.29 is 0 Å². The molecule has 0 saturated carbocycles. The highest BCUT2D eigenvalue weighted by atomic mass is 15.2. The van der Waals surface area contributed by atoms with Gasteiger partial charge in [-0.15, -0.1) is 0 Å². The number of nitrogens with one attached hydrogen (secondary N) is 1. The summed E-state index contributed by atoms with van der Waals surface area (Å²) in [4.78, 5) is 2.57. The van der Waals surface area contributed by atoms with Crippen molar-refractivity contribution in [1.82, 2.24) is 5.32 Å². The molecule has 1 aromatic carbocycles. The summed E-state index contributed by atoms with van der Waals surface area (Å²) < 4.78 is 0. The summed E-state index contributed by atoms with van der Waals surface area (Å²) in [6, 6.07) is 7.92. The van der Waals surface area contributed by atoms with E-state index in [1.165, 1.54) is 16.8 Å². The Bertz CT molecular complexity index is 412. The van der Waals surface area contributed by atoms with Gasteiger partial charge in [0.05, 0.1) is 0 Å². The fourth-order valence-electron chi connectivity index (χ4n) is 2.91. The number of para-hydroxylation sites is 1. The van der Waals surface area contributed by atoms with Crippen molar-refractivity contribution in [2.24, 2.45) is 0 Å². The Morgan fingerprint density at radius 2 is 2.06 bits per heavy atom. The quantitative estimate of drug-likeness (QED) is 0.878. The number of anilines is 1. The number of benzene rings is 1. The van der Waals surface area contributed by atoms with Crippen LogP contribution in [0.15, 0.2) is 18.2 Å². The first-order chi connectivity index (χ1) is 8.54. The number of nitrogens with zero attached hydrogens (tertiary/aromatic N) is 1. The Balaban J connectivity index is 2.38. The topological polar surface area (TPSA) is 15.3 Å². The highest BCUT2D eigenvalue weighted by Crippen LogP contribution is 2.40. The van der Waals surface area contributed by atoms with Crippen molar-refractivity contribution >= 4 is 5.69 Å². The highest BCUT2D eigenvalue weighted by Gasteiger charge is 2.29. The van der Waals surface area contributed by atoms with Crippen LogP contribution < -0.4 is 10.2 Å². The van der Waals surface area contributed by atoms with Crippen LogP contribution in [0.5, 0.6) is 0 Å².